The van der Waals surface area contributed by atoms with Gasteiger partial charge in [-0.3, -0.25) is 9.71 Å². The molecule has 0 amide bonds. The summed E-state index contributed by atoms with van der Waals surface area (Å²) in [5, 5.41) is 0. The fraction of sp³-hybridized carbons (Fsp3) is 0. The summed E-state index contributed by atoms with van der Waals surface area (Å²) in [6, 6.07) is 6.40. The van der Waals surface area contributed by atoms with E-state index < -0.39 is 15.8 Å². The number of nitrogens with one attached hydrogen (secondary N) is 1. The number of halogens is 2. The Bertz CT molecular complexity index is 795. The van der Waals surface area contributed by atoms with Gasteiger partial charge in [0.2, 0.25) is 0 Å². The van der Waals surface area contributed by atoms with Crippen molar-refractivity contribution in [2.24, 2.45) is 5.73 Å². The number of hydrogen-bond donors (Lipinski definition) is 2. The van der Waals surface area contributed by atoms with Crippen molar-refractivity contribution < 1.29 is 12.8 Å². The van der Waals surface area contributed by atoms with Crippen molar-refractivity contribution in [2.45, 2.75) is 4.90 Å². The molecule has 0 aliphatic carbocycles. The molecule has 1 aromatic carbocycles. The first-order valence-corrected chi connectivity index (χ1v) is 8.22. The van der Waals surface area contributed by atoms with Crippen LogP contribution in [-0.2, 0) is 10.0 Å². The third kappa shape index (κ3) is 3.74. The average molecular weight is 390 g/mol. The fourth-order valence-electron chi connectivity index (χ4n) is 1.46. The third-order valence-corrected chi connectivity index (χ3v) is 4.72. The Morgan fingerprint density at radius 2 is 2.05 bits per heavy atom. The van der Waals surface area contributed by atoms with Crippen LogP contribution in [0.4, 0.5) is 10.1 Å². The van der Waals surface area contributed by atoms with Crippen molar-refractivity contribution in [3.05, 3.63) is 52.5 Å². The molecule has 0 spiro atoms. The second-order valence-corrected chi connectivity index (χ2v) is 6.95. The molecule has 0 bridgehead atoms. The molecule has 5 nitrogen and oxygen atoms in total. The standard InChI is InChI=1S/C12H9BrFN3O2S2/c13-9-3-1-7(14)5-11(9)17-21(18,19)8-2-4-10(12(15)20)16-6-8/h1-6,17H,(H2,15,20). The molecule has 0 fully saturated rings. The SMILES string of the molecule is NC(=S)c1ccc(S(=O)(=O)Nc2cc(F)ccc2Br)cn1. The van der Waals surface area contributed by atoms with Gasteiger partial charge in [0.05, 0.1) is 11.4 Å². The summed E-state index contributed by atoms with van der Waals surface area (Å²) in [6.45, 7) is 0. The van der Waals surface area contributed by atoms with E-state index in [0.717, 1.165) is 12.3 Å². The molecule has 1 aromatic heterocycles. The molecule has 0 radical (unpaired) electrons. The molecule has 0 aliphatic heterocycles. The number of pyridine rings is 1. The highest BCUT2D eigenvalue weighted by Crippen LogP contribution is 2.25. The lowest BCUT2D eigenvalue weighted by molar-refractivity contribution is 0.600. The van der Waals surface area contributed by atoms with Gasteiger partial charge in [0.25, 0.3) is 10.0 Å². The maximum atomic E-state index is 13.2. The maximum Gasteiger partial charge on any atom is 0.263 e. The predicted molar refractivity (Wildman–Crippen MR) is 85.0 cm³/mol. The molecule has 21 heavy (non-hydrogen) atoms. The summed E-state index contributed by atoms with van der Waals surface area (Å²) in [4.78, 5) is 3.84. The van der Waals surface area contributed by atoms with Crippen LogP contribution >= 0.6 is 28.1 Å². The van der Waals surface area contributed by atoms with Crippen LogP contribution in [0, 0.1) is 5.82 Å². The molecule has 2 aromatic rings. The minimum atomic E-state index is -3.89. The van der Waals surface area contributed by atoms with Crippen LogP contribution in [0.2, 0.25) is 0 Å². The van der Waals surface area contributed by atoms with Crippen molar-refractivity contribution in [3.63, 3.8) is 0 Å². The van der Waals surface area contributed by atoms with E-state index >= 15 is 0 Å². The highest BCUT2D eigenvalue weighted by molar-refractivity contribution is 9.10. The number of benzene rings is 1. The summed E-state index contributed by atoms with van der Waals surface area (Å²) in [5.41, 5.74) is 5.80. The van der Waals surface area contributed by atoms with Crippen molar-refractivity contribution in [2.75, 3.05) is 4.72 Å². The maximum absolute atomic E-state index is 13.2. The normalized spacial score (nSPS) is 11.1. The van der Waals surface area contributed by atoms with Crippen LogP contribution in [0.25, 0.3) is 0 Å². The minimum absolute atomic E-state index is 0.0692. The Hall–Kier alpha value is -1.58. The molecule has 110 valence electrons. The first-order chi connectivity index (χ1) is 9.79. The van der Waals surface area contributed by atoms with Gasteiger partial charge in [0, 0.05) is 10.7 Å². The number of rotatable bonds is 4. The Morgan fingerprint density at radius 1 is 1.33 bits per heavy atom. The predicted octanol–water partition coefficient (Wildman–Crippen LogP) is 2.42. The molecule has 0 unspecified atom stereocenters. The topological polar surface area (TPSA) is 85.1 Å². The molecule has 0 saturated heterocycles. The first kappa shape index (κ1) is 15.8. The lowest BCUT2D eigenvalue weighted by Crippen LogP contribution is -2.16. The van der Waals surface area contributed by atoms with Crippen molar-refractivity contribution in [3.8, 4) is 0 Å². The molecule has 0 saturated carbocycles. The third-order valence-electron chi connectivity index (χ3n) is 2.47. The Balaban J connectivity index is 2.34. The minimum Gasteiger partial charge on any atom is -0.388 e. The second kappa shape index (κ2) is 6.04. The fourth-order valence-corrected chi connectivity index (χ4v) is 3.08. The van der Waals surface area contributed by atoms with E-state index in [1.165, 1.54) is 24.3 Å². The number of anilines is 1. The number of nitrogens with two attached hydrogens (primary N) is 1. The molecule has 0 aliphatic rings. The van der Waals surface area contributed by atoms with E-state index in [1.54, 1.807) is 0 Å². The molecular weight excluding hydrogens is 381 g/mol. The zero-order chi connectivity index (χ0) is 15.6. The van der Waals surface area contributed by atoms with Crippen molar-refractivity contribution >= 4 is 48.8 Å². The molecular formula is C12H9BrFN3O2S2. The number of hydrogen-bond acceptors (Lipinski definition) is 4. The van der Waals surface area contributed by atoms with Crippen LogP contribution in [0.15, 0.2) is 45.9 Å². The van der Waals surface area contributed by atoms with Gasteiger partial charge in [-0.25, -0.2) is 12.8 Å². The van der Waals surface area contributed by atoms with Gasteiger partial charge in [-0.05, 0) is 46.3 Å². The number of thiocarbonyl (C=S) groups is 1. The summed E-state index contributed by atoms with van der Waals surface area (Å²) < 4.78 is 40.2. The highest BCUT2D eigenvalue weighted by Gasteiger charge is 2.17. The van der Waals surface area contributed by atoms with Gasteiger partial charge in [-0.15, -0.1) is 0 Å². The van der Waals surface area contributed by atoms with E-state index in [1.807, 2.05) is 0 Å². The number of nitrogens with zero attached hydrogens (tertiary/aromatic N) is 1. The van der Waals surface area contributed by atoms with Gasteiger partial charge >= 0.3 is 0 Å². The zero-order valence-electron chi connectivity index (χ0n) is 10.4. The van der Waals surface area contributed by atoms with Crippen LogP contribution in [-0.4, -0.2) is 18.4 Å². The molecule has 0 atom stereocenters. The highest BCUT2D eigenvalue weighted by atomic mass is 79.9. The Labute approximate surface area is 134 Å². The summed E-state index contributed by atoms with van der Waals surface area (Å²) >= 11 is 7.88. The van der Waals surface area contributed by atoms with Crippen molar-refractivity contribution in [1.82, 2.24) is 4.98 Å². The lowest BCUT2D eigenvalue weighted by atomic mass is 10.3. The van der Waals surface area contributed by atoms with E-state index in [2.05, 4.69) is 25.6 Å². The van der Waals surface area contributed by atoms with Gasteiger partial charge in [-0.1, -0.05) is 12.2 Å². The van der Waals surface area contributed by atoms with Crippen LogP contribution in [0.3, 0.4) is 0 Å². The van der Waals surface area contributed by atoms with E-state index in [0.29, 0.717) is 10.2 Å². The van der Waals surface area contributed by atoms with Gasteiger partial charge in [-0.2, -0.15) is 0 Å². The molecule has 9 heteroatoms. The smallest absolute Gasteiger partial charge is 0.263 e. The monoisotopic (exact) mass is 389 g/mol. The zero-order valence-corrected chi connectivity index (χ0v) is 13.6. The molecule has 2 rings (SSSR count). The summed E-state index contributed by atoms with van der Waals surface area (Å²) in [5.74, 6) is -0.558. The Morgan fingerprint density at radius 3 is 2.62 bits per heavy atom. The van der Waals surface area contributed by atoms with Crippen LogP contribution < -0.4 is 10.5 Å². The second-order valence-electron chi connectivity index (χ2n) is 3.97. The Kier molecular flexibility index (Phi) is 4.55. The quantitative estimate of drug-likeness (QED) is 0.784. The summed E-state index contributed by atoms with van der Waals surface area (Å²) in [7, 11) is -3.89. The van der Waals surface area contributed by atoms with Gasteiger partial charge < -0.3 is 5.73 Å². The van der Waals surface area contributed by atoms with Gasteiger partial charge in [0.15, 0.2) is 0 Å². The van der Waals surface area contributed by atoms with Crippen LogP contribution in [0.5, 0.6) is 0 Å². The first-order valence-electron chi connectivity index (χ1n) is 5.53. The van der Waals surface area contributed by atoms with E-state index in [9.17, 15) is 12.8 Å². The molecule has 1 heterocycles. The average Bonchev–Trinajstić information content (AvgIpc) is 2.43. The number of sulfonamides is 1. The van der Waals surface area contributed by atoms with Crippen LogP contribution in [0.1, 0.15) is 5.69 Å². The number of aromatic nitrogens is 1. The van der Waals surface area contributed by atoms with E-state index in [4.69, 9.17) is 18.0 Å². The van der Waals surface area contributed by atoms with Crippen molar-refractivity contribution in [1.29, 1.82) is 0 Å². The lowest BCUT2D eigenvalue weighted by Gasteiger charge is -2.10. The largest absolute Gasteiger partial charge is 0.388 e. The summed E-state index contributed by atoms with van der Waals surface area (Å²) in [6.07, 6.45) is 1.13. The van der Waals surface area contributed by atoms with Gasteiger partial charge in [0.1, 0.15) is 15.7 Å². The molecule has 3 N–H and O–H groups in total. The van der Waals surface area contributed by atoms with E-state index in [-0.39, 0.29) is 15.6 Å².